The molecular weight excluding hydrogens is 400 g/mol. The fourth-order valence-electron chi connectivity index (χ4n) is 3.43. The number of hydrogen-bond acceptors (Lipinski definition) is 5. The number of para-hydroxylation sites is 1. The zero-order chi connectivity index (χ0) is 20.0. The summed E-state index contributed by atoms with van der Waals surface area (Å²) in [6.07, 6.45) is 0. The Hall–Kier alpha value is -2.90. The van der Waals surface area contributed by atoms with Crippen molar-refractivity contribution in [1.82, 2.24) is 19.2 Å². The lowest BCUT2D eigenvalue weighted by Gasteiger charge is -2.09. The molecule has 5 nitrogen and oxygen atoms in total. The van der Waals surface area contributed by atoms with E-state index in [-0.39, 0.29) is 5.56 Å². The van der Waals surface area contributed by atoms with Gasteiger partial charge >= 0.3 is 0 Å². The van der Waals surface area contributed by atoms with Gasteiger partial charge in [0.05, 0.1) is 11.1 Å². The monoisotopic (exact) mass is 418 g/mol. The Bertz CT molecular complexity index is 1390. The highest BCUT2D eigenvalue weighted by molar-refractivity contribution is 7.98. The highest BCUT2D eigenvalue weighted by Crippen LogP contribution is 2.32. The molecule has 29 heavy (non-hydrogen) atoms. The summed E-state index contributed by atoms with van der Waals surface area (Å²) in [5.41, 5.74) is 2.99. The molecule has 0 spiro atoms. The van der Waals surface area contributed by atoms with Crippen LogP contribution in [0.2, 0.25) is 0 Å². The molecule has 2 aromatic carbocycles. The Morgan fingerprint density at radius 2 is 1.66 bits per heavy atom. The topological polar surface area (TPSA) is 52.2 Å². The zero-order valence-electron chi connectivity index (χ0n) is 16.0. The number of thioether (sulfide) groups is 1. The van der Waals surface area contributed by atoms with Gasteiger partial charge in [0, 0.05) is 10.6 Å². The number of aryl methyl sites for hydroxylation is 2. The number of aromatic nitrogens is 4. The fraction of sp³-hybridized carbons (Fsp3) is 0.136. The van der Waals surface area contributed by atoms with Gasteiger partial charge in [-0.05, 0) is 37.1 Å². The lowest BCUT2D eigenvalue weighted by Crippen LogP contribution is -2.21. The minimum atomic E-state index is -0.0486. The Kier molecular flexibility index (Phi) is 4.49. The molecule has 5 aromatic rings. The van der Waals surface area contributed by atoms with Gasteiger partial charge in [0.15, 0.2) is 5.16 Å². The SMILES string of the molecule is Cc1sc2c(c1C)c(=O)n(-c1ccccc1)c1nnc(SCc3ccccc3)n21. The molecule has 0 fully saturated rings. The molecule has 3 aromatic heterocycles. The molecule has 0 unspecified atom stereocenters. The van der Waals surface area contributed by atoms with Crippen molar-refractivity contribution in [3.8, 4) is 5.69 Å². The van der Waals surface area contributed by atoms with Gasteiger partial charge in [-0.15, -0.1) is 21.5 Å². The third-order valence-corrected chi connectivity index (χ3v) is 7.22. The summed E-state index contributed by atoms with van der Waals surface area (Å²) in [6.45, 7) is 4.07. The Morgan fingerprint density at radius 3 is 2.38 bits per heavy atom. The van der Waals surface area contributed by atoms with E-state index in [1.807, 2.05) is 59.9 Å². The van der Waals surface area contributed by atoms with E-state index in [1.165, 1.54) is 5.56 Å². The van der Waals surface area contributed by atoms with Gasteiger partial charge in [0.2, 0.25) is 5.78 Å². The van der Waals surface area contributed by atoms with Crippen LogP contribution < -0.4 is 5.56 Å². The highest BCUT2D eigenvalue weighted by atomic mass is 32.2. The van der Waals surface area contributed by atoms with Crippen molar-refractivity contribution in [3.05, 3.63) is 87.0 Å². The van der Waals surface area contributed by atoms with E-state index < -0.39 is 0 Å². The van der Waals surface area contributed by atoms with Crippen molar-refractivity contribution in [2.24, 2.45) is 0 Å². The molecule has 0 radical (unpaired) electrons. The van der Waals surface area contributed by atoms with Crippen molar-refractivity contribution >= 4 is 39.1 Å². The van der Waals surface area contributed by atoms with Gasteiger partial charge < -0.3 is 0 Å². The number of fused-ring (bicyclic) bond motifs is 3. The first-order chi connectivity index (χ1) is 14.1. The Balaban J connectivity index is 1.77. The summed E-state index contributed by atoms with van der Waals surface area (Å²) < 4.78 is 3.70. The highest BCUT2D eigenvalue weighted by Gasteiger charge is 2.21. The molecular formula is C22H18N4OS2. The number of nitrogens with zero attached hydrogens (tertiary/aromatic N) is 4. The second-order valence-corrected chi connectivity index (χ2v) is 8.98. The molecule has 0 atom stereocenters. The van der Waals surface area contributed by atoms with Crippen LogP contribution in [0, 0.1) is 13.8 Å². The van der Waals surface area contributed by atoms with E-state index >= 15 is 0 Å². The molecule has 0 aliphatic heterocycles. The maximum absolute atomic E-state index is 13.4. The standard InChI is InChI=1S/C22H18N4OS2/c1-14-15(2)29-20-18(14)19(27)25(17-11-7-4-8-12-17)21-23-24-22(26(20)21)28-13-16-9-5-3-6-10-16/h3-12H,13H2,1-2H3. The summed E-state index contributed by atoms with van der Waals surface area (Å²) in [7, 11) is 0. The molecule has 0 aliphatic rings. The summed E-state index contributed by atoms with van der Waals surface area (Å²) in [6, 6.07) is 19.9. The van der Waals surface area contributed by atoms with E-state index in [1.54, 1.807) is 27.7 Å². The van der Waals surface area contributed by atoms with Crippen molar-refractivity contribution < 1.29 is 0 Å². The number of benzene rings is 2. The van der Waals surface area contributed by atoms with Gasteiger partial charge in [0.1, 0.15) is 4.83 Å². The van der Waals surface area contributed by atoms with Crippen molar-refractivity contribution in [1.29, 1.82) is 0 Å². The van der Waals surface area contributed by atoms with Crippen molar-refractivity contribution in [2.75, 3.05) is 0 Å². The van der Waals surface area contributed by atoms with Gasteiger partial charge in [-0.1, -0.05) is 60.3 Å². The summed E-state index contributed by atoms with van der Waals surface area (Å²) in [5.74, 6) is 1.34. The van der Waals surface area contributed by atoms with Crippen LogP contribution in [0.3, 0.4) is 0 Å². The maximum atomic E-state index is 13.4. The van der Waals surface area contributed by atoms with Gasteiger partial charge in [0.25, 0.3) is 5.56 Å². The minimum Gasteiger partial charge on any atom is -0.268 e. The lowest BCUT2D eigenvalue weighted by molar-refractivity contribution is 0.935. The number of rotatable bonds is 4. The third kappa shape index (κ3) is 2.97. The largest absolute Gasteiger partial charge is 0.268 e. The quantitative estimate of drug-likeness (QED) is 0.385. The van der Waals surface area contributed by atoms with Gasteiger partial charge in [-0.3, -0.25) is 4.79 Å². The predicted octanol–water partition coefficient (Wildman–Crippen LogP) is 5.00. The number of thiophene rings is 1. The summed E-state index contributed by atoms with van der Waals surface area (Å²) in [4.78, 5) is 15.5. The molecule has 144 valence electrons. The first-order valence-electron chi connectivity index (χ1n) is 9.27. The van der Waals surface area contributed by atoms with Gasteiger partial charge in [-0.25, -0.2) is 8.97 Å². The summed E-state index contributed by atoms with van der Waals surface area (Å²) in [5, 5.41) is 10.4. The van der Waals surface area contributed by atoms with Crippen LogP contribution in [-0.2, 0) is 5.75 Å². The average Bonchev–Trinajstić information content (AvgIpc) is 3.29. The van der Waals surface area contributed by atoms with Crippen LogP contribution in [0.5, 0.6) is 0 Å². The smallest absolute Gasteiger partial charge is 0.268 e. The van der Waals surface area contributed by atoms with Crippen LogP contribution >= 0.6 is 23.1 Å². The molecule has 3 heterocycles. The maximum Gasteiger partial charge on any atom is 0.268 e. The summed E-state index contributed by atoms with van der Waals surface area (Å²) >= 11 is 3.25. The normalized spacial score (nSPS) is 11.5. The second kappa shape index (κ2) is 7.17. The molecule has 0 amide bonds. The van der Waals surface area contributed by atoms with E-state index in [9.17, 15) is 4.79 Å². The second-order valence-electron chi connectivity index (χ2n) is 6.83. The number of hydrogen-bond donors (Lipinski definition) is 0. The molecule has 0 N–H and O–H groups in total. The van der Waals surface area contributed by atoms with Gasteiger partial charge in [-0.2, -0.15) is 0 Å². The molecule has 7 heteroatoms. The Morgan fingerprint density at radius 1 is 0.966 bits per heavy atom. The van der Waals surface area contributed by atoms with E-state index in [0.29, 0.717) is 5.78 Å². The van der Waals surface area contributed by atoms with Crippen LogP contribution in [0.15, 0.2) is 70.6 Å². The van der Waals surface area contributed by atoms with Crippen LogP contribution in [0.25, 0.3) is 21.7 Å². The fourth-order valence-corrected chi connectivity index (χ4v) is 5.52. The van der Waals surface area contributed by atoms with Crippen LogP contribution in [-0.4, -0.2) is 19.2 Å². The van der Waals surface area contributed by atoms with Crippen molar-refractivity contribution in [2.45, 2.75) is 24.8 Å². The molecule has 0 bridgehead atoms. The lowest BCUT2D eigenvalue weighted by atomic mass is 10.2. The zero-order valence-corrected chi connectivity index (χ0v) is 17.6. The van der Waals surface area contributed by atoms with Crippen LogP contribution in [0.1, 0.15) is 16.0 Å². The predicted molar refractivity (Wildman–Crippen MR) is 119 cm³/mol. The van der Waals surface area contributed by atoms with Crippen molar-refractivity contribution in [3.63, 3.8) is 0 Å². The average molecular weight is 419 g/mol. The third-order valence-electron chi connectivity index (χ3n) is 5.03. The van der Waals surface area contributed by atoms with E-state index in [2.05, 4.69) is 29.3 Å². The van der Waals surface area contributed by atoms with E-state index in [0.717, 1.165) is 37.3 Å². The van der Waals surface area contributed by atoms with E-state index in [4.69, 9.17) is 0 Å². The first-order valence-corrected chi connectivity index (χ1v) is 11.1. The van der Waals surface area contributed by atoms with Crippen LogP contribution in [0.4, 0.5) is 0 Å². The molecule has 0 aliphatic carbocycles. The first kappa shape index (κ1) is 18.1. The molecule has 5 rings (SSSR count). The minimum absolute atomic E-state index is 0.0486. The Labute approximate surface area is 175 Å². The molecule has 0 saturated carbocycles. The molecule has 0 saturated heterocycles.